The summed E-state index contributed by atoms with van der Waals surface area (Å²) >= 11 is 0. The Bertz CT molecular complexity index is 732. The van der Waals surface area contributed by atoms with Crippen LogP contribution in [0.15, 0.2) is 42.7 Å². The van der Waals surface area contributed by atoms with E-state index in [4.69, 9.17) is 0 Å². The molecule has 3 heterocycles. The molecule has 7 heteroatoms. The van der Waals surface area contributed by atoms with Crippen LogP contribution in [0.25, 0.3) is 0 Å². The molecule has 1 aromatic heterocycles. The third-order valence-electron chi connectivity index (χ3n) is 5.20. The van der Waals surface area contributed by atoms with E-state index in [2.05, 4.69) is 15.5 Å². The third-order valence-corrected chi connectivity index (χ3v) is 5.20. The highest BCUT2D eigenvalue weighted by Crippen LogP contribution is 2.40. The van der Waals surface area contributed by atoms with Gasteiger partial charge in [-0.15, -0.1) is 0 Å². The fourth-order valence-electron chi connectivity index (χ4n) is 4.10. The molecule has 1 aromatic carbocycles. The molecular weight excluding hydrogens is 318 g/mol. The molecular formula is C18H21N5O2. The molecule has 0 aliphatic carbocycles. The quantitative estimate of drug-likeness (QED) is 0.913. The zero-order valence-corrected chi connectivity index (χ0v) is 13.9. The van der Waals surface area contributed by atoms with Gasteiger partial charge >= 0.3 is 0 Å². The molecule has 25 heavy (non-hydrogen) atoms. The highest BCUT2D eigenvalue weighted by Gasteiger charge is 2.44. The van der Waals surface area contributed by atoms with E-state index >= 15 is 0 Å². The van der Waals surface area contributed by atoms with Crippen molar-refractivity contribution in [2.75, 3.05) is 6.54 Å². The maximum atomic E-state index is 12.7. The summed E-state index contributed by atoms with van der Waals surface area (Å²) in [6.45, 7) is 0.0470. The minimum absolute atomic E-state index is 0.00338. The summed E-state index contributed by atoms with van der Waals surface area (Å²) in [6.07, 6.45) is 7.17. The van der Waals surface area contributed by atoms with E-state index in [0.29, 0.717) is 5.56 Å². The third kappa shape index (κ3) is 3.14. The van der Waals surface area contributed by atoms with E-state index in [9.17, 15) is 9.59 Å². The van der Waals surface area contributed by atoms with Crippen molar-refractivity contribution in [3.05, 3.63) is 48.3 Å². The van der Waals surface area contributed by atoms with E-state index in [-0.39, 0.29) is 36.5 Å². The van der Waals surface area contributed by atoms with Crippen molar-refractivity contribution in [2.24, 2.45) is 0 Å². The number of fused-ring (bicyclic) bond motifs is 2. The molecule has 2 unspecified atom stereocenters. The summed E-state index contributed by atoms with van der Waals surface area (Å²) in [5.41, 5.74) is 0.571. The van der Waals surface area contributed by atoms with Gasteiger partial charge in [0.05, 0.1) is 25.0 Å². The molecule has 7 nitrogen and oxygen atoms in total. The highest BCUT2D eigenvalue weighted by molar-refractivity contribution is 5.96. The minimum Gasteiger partial charge on any atom is -0.343 e. The molecule has 2 aliphatic rings. The number of carbonyl (C=O) groups is 2. The zero-order chi connectivity index (χ0) is 17.2. The molecule has 2 saturated heterocycles. The average Bonchev–Trinajstić information content (AvgIpc) is 3.27. The summed E-state index contributed by atoms with van der Waals surface area (Å²) in [5, 5.41) is 11.2. The number of rotatable bonds is 4. The molecule has 0 spiro atoms. The summed E-state index contributed by atoms with van der Waals surface area (Å²) in [6, 6.07) is 9.66. The minimum atomic E-state index is -0.211. The van der Waals surface area contributed by atoms with Crippen LogP contribution in [0.5, 0.6) is 0 Å². The SMILES string of the molecule is O=C(NCC(=O)N1C2CCC1CC(n1nccn1)C2)c1ccccc1. The molecule has 2 fully saturated rings. The van der Waals surface area contributed by atoms with Crippen LogP contribution >= 0.6 is 0 Å². The predicted molar refractivity (Wildman–Crippen MR) is 90.7 cm³/mol. The Morgan fingerprint density at radius 1 is 1.00 bits per heavy atom. The van der Waals surface area contributed by atoms with Gasteiger partial charge in [-0.05, 0) is 37.8 Å². The molecule has 2 amide bonds. The van der Waals surface area contributed by atoms with Gasteiger partial charge < -0.3 is 10.2 Å². The first-order chi connectivity index (χ1) is 12.2. The molecule has 130 valence electrons. The van der Waals surface area contributed by atoms with Crippen LogP contribution < -0.4 is 5.32 Å². The lowest BCUT2D eigenvalue weighted by atomic mass is 9.97. The van der Waals surface area contributed by atoms with Crippen molar-refractivity contribution in [2.45, 2.75) is 43.8 Å². The van der Waals surface area contributed by atoms with E-state index in [0.717, 1.165) is 25.7 Å². The van der Waals surface area contributed by atoms with Crippen molar-refractivity contribution in [3.8, 4) is 0 Å². The molecule has 2 aromatic rings. The van der Waals surface area contributed by atoms with Crippen LogP contribution in [0.2, 0.25) is 0 Å². The number of piperidine rings is 1. The lowest BCUT2D eigenvalue weighted by Crippen LogP contribution is -2.50. The Morgan fingerprint density at radius 3 is 2.28 bits per heavy atom. The second-order valence-electron chi connectivity index (χ2n) is 6.71. The second kappa shape index (κ2) is 6.66. The lowest BCUT2D eigenvalue weighted by molar-refractivity contribution is -0.135. The fraction of sp³-hybridized carbons (Fsp3) is 0.444. The molecule has 2 aliphatic heterocycles. The van der Waals surface area contributed by atoms with Gasteiger partial charge in [-0.2, -0.15) is 15.0 Å². The Hall–Kier alpha value is -2.70. The molecule has 4 rings (SSSR count). The molecule has 1 N–H and O–H groups in total. The van der Waals surface area contributed by atoms with Gasteiger partial charge in [0, 0.05) is 17.6 Å². The van der Waals surface area contributed by atoms with Crippen LogP contribution in [-0.2, 0) is 4.79 Å². The normalized spacial score (nSPS) is 25.0. The number of amides is 2. The Balaban J connectivity index is 1.36. The topological polar surface area (TPSA) is 80.1 Å². The van der Waals surface area contributed by atoms with Crippen LogP contribution in [-0.4, -0.2) is 50.3 Å². The monoisotopic (exact) mass is 339 g/mol. The number of benzene rings is 1. The molecule has 2 atom stereocenters. The van der Waals surface area contributed by atoms with E-state index < -0.39 is 0 Å². The molecule has 2 bridgehead atoms. The first-order valence-corrected chi connectivity index (χ1v) is 8.72. The van der Waals surface area contributed by atoms with Gasteiger partial charge in [0.1, 0.15) is 0 Å². The molecule has 0 saturated carbocycles. The number of carbonyl (C=O) groups excluding carboxylic acids is 2. The van der Waals surface area contributed by atoms with E-state index in [1.165, 1.54) is 0 Å². The van der Waals surface area contributed by atoms with Crippen LogP contribution in [0.3, 0.4) is 0 Å². The van der Waals surface area contributed by atoms with Gasteiger partial charge in [-0.25, -0.2) is 0 Å². The average molecular weight is 339 g/mol. The summed E-state index contributed by atoms with van der Waals surface area (Å²) in [5.74, 6) is -0.208. The van der Waals surface area contributed by atoms with Crippen LogP contribution in [0, 0.1) is 0 Å². The van der Waals surface area contributed by atoms with Gasteiger partial charge in [-0.3, -0.25) is 9.59 Å². The largest absolute Gasteiger partial charge is 0.343 e. The number of hydrogen-bond donors (Lipinski definition) is 1. The van der Waals surface area contributed by atoms with Crippen molar-refractivity contribution in [1.29, 1.82) is 0 Å². The standard InChI is InChI=1S/C18H21N5O2/c24-17(12-19-18(25)13-4-2-1-3-5-13)22-14-6-7-15(22)11-16(10-14)23-20-8-9-21-23/h1-5,8-9,14-16H,6-7,10-12H2,(H,19,25). The first kappa shape index (κ1) is 15.8. The maximum Gasteiger partial charge on any atom is 0.251 e. The highest BCUT2D eigenvalue weighted by atomic mass is 16.2. The Labute approximate surface area is 146 Å². The summed E-state index contributed by atoms with van der Waals surface area (Å²) in [7, 11) is 0. The van der Waals surface area contributed by atoms with E-state index in [1.807, 2.05) is 23.1 Å². The van der Waals surface area contributed by atoms with Gasteiger partial charge in [0.25, 0.3) is 5.91 Å². The number of nitrogens with one attached hydrogen (secondary N) is 1. The lowest BCUT2D eigenvalue weighted by Gasteiger charge is -2.38. The number of aromatic nitrogens is 3. The number of hydrogen-bond acceptors (Lipinski definition) is 4. The first-order valence-electron chi connectivity index (χ1n) is 8.72. The summed E-state index contributed by atoms with van der Waals surface area (Å²) < 4.78 is 0. The van der Waals surface area contributed by atoms with Crippen molar-refractivity contribution < 1.29 is 9.59 Å². The predicted octanol–water partition coefficient (Wildman–Crippen LogP) is 1.40. The second-order valence-corrected chi connectivity index (χ2v) is 6.71. The summed E-state index contributed by atoms with van der Waals surface area (Å²) in [4.78, 5) is 28.5. The molecule has 0 radical (unpaired) electrons. The Morgan fingerprint density at radius 2 is 1.64 bits per heavy atom. The van der Waals surface area contributed by atoms with Crippen LogP contribution in [0.4, 0.5) is 0 Å². The van der Waals surface area contributed by atoms with Crippen molar-refractivity contribution in [1.82, 2.24) is 25.2 Å². The number of nitrogens with zero attached hydrogens (tertiary/aromatic N) is 4. The smallest absolute Gasteiger partial charge is 0.251 e. The van der Waals surface area contributed by atoms with Crippen molar-refractivity contribution >= 4 is 11.8 Å². The van der Waals surface area contributed by atoms with Gasteiger partial charge in [0.2, 0.25) is 5.91 Å². The maximum absolute atomic E-state index is 12.7. The van der Waals surface area contributed by atoms with Crippen molar-refractivity contribution in [3.63, 3.8) is 0 Å². The van der Waals surface area contributed by atoms with Gasteiger partial charge in [-0.1, -0.05) is 18.2 Å². The Kier molecular flexibility index (Phi) is 4.21. The van der Waals surface area contributed by atoms with Gasteiger partial charge in [0.15, 0.2) is 0 Å². The zero-order valence-electron chi connectivity index (χ0n) is 13.9. The van der Waals surface area contributed by atoms with E-state index in [1.54, 1.807) is 29.3 Å². The fourth-order valence-corrected chi connectivity index (χ4v) is 4.10. The van der Waals surface area contributed by atoms with Crippen LogP contribution in [0.1, 0.15) is 42.1 Å².